The number of hydrogen-bond donors (Lipinski definition) is 1. The lowest BCUT2D eigenvalue weighted by atomic mass is 10.3. The molecule has 0 saturated carbocycles. The lowest BCUT2D eigenvalue weighted by Crippen LogP contribution is -2.17. The van der Waals surface area contributed by atoms with Crippen molar-refractivity contribution in [2.24, 2.45) is 0 Å². The molecule has 0 unspecified atom stereocenters. The maximum atomic E-state index is 4.51. The Labute approximate surface area is 116 Å². The maximum Gasteiger partial charge on any atom is 0.234 e. The Bertz CT molecular complexity index is 695. The fourth-order valence-corrected chi connectivity index (χ4v) is 2.05. The van der Waals surface area contributed by atoms with E-state index in [1.165, 1.54) is 0 Å². The summed E-state index contributed by atoms with van der Waals surface area (Å²) in [4.78, 5) is 10.9. The summed E-state index contributed by atoms with van der Waals surface area (Å²) in [5, 5.41) is 4.27. The summed E-state index contributed by atoms with van der Waals surface area (Å²) in [6, 6.07) is 11.9. The van der Waals surface area contributed by atoms with E-state index in [-0.39, 0.29) is 0 Å². The summed E-state index contributed by atoms with van der Waals surface area (Å²) in [6.45, 7) is 0. The molecule has 0 aliphatic carbocycles. The van der Waals surface area contributed by atoms with Crippen LogP contribution in [0.15, 0.2) is 42.6 Å². The summed E-state index contributed by atoms with van der Waals surface area (Å²) in [5.41, 5.74) is 1.82. The van der Waals surface area contributed by atoms with Crippen LogP contribution in [0.1, 0.15) is 5.82 Å². The number of hydrogen-bond acceptors (Lipinski definition) is 5. The summed E-state index contributed by atoms with van der Waals surface area (Å²) < 4.78 is 1.72. The van der Waals surface area contributed by atoms with Crippen molar-refractivity contribution in [1.29, 1.82) is 0 Å². The highest BCUT2D eigenvalue weighted by molar-refractivity contribution is 7.79. The minimum absolute atomic E-state index is 0.497. The first-order valence-corrected chi connectivity index (χ1v) is 6.53. The van der Waals surface area contributed by atoms with Crippen LogP contribution >= 0.6 is 12.6 Å². The van der Waals surface area contributed by atoms with Crippen molar-refractivity contribution in [3.05, 3.63) is 48.4 Å². The number of anilines is 2. The molecule has 3 rings (SSSR count). The summed E-state index contributed by atoms with van der Waals surface area (Å²) >= 11 is 4.25. The Morgan fingerprint density at radius 1 is 1.16 bits per heavy atom. The van der Waals surface area contributed by atoms with Crippen LogP contribution in [-0.2, 0) is 5.75 Å². The molecule has 2 heterocycles. The molecule has 0 radical (unpaired) electrons. The molecule has 5 nitrogen and oxygen atoms in total. The average molecular weight is 271 g/mol. The molecule has 0 saturated heterocycles. The van der Waals surface area contributed by atoms with E-state index in [2.05, 4.69) is 27.7 Å². The van der Waals surface area contributed by atoms with Crippen LogP contribution in [0.25, 0.3) is 5.65 Å². The highest BCUT2D eigenvalue weighted by Crippen LogP contribution is 2.21. The molecule has 0 bridgehead atoms. The third-order valence-electron chi connectivity index (χ3n) is 2.87. The molecule has 0 fully saturated rings. The van der Waals surface area contributed by atoms with Gasteiger partial charge in [-0.2, -0.15) is 27.2 Å². The average Bonchev–Trinajstić information content (AvgIpc) is 2.94. The number of nitrogens with zero attached hydrogens (tertiary/aromatic N) is 5. The number of para-hydroxylation sites is 1. The monoisotopic (exact) mass is 271 g/mol. The smallest absolute Gasteiger partial charge is 0.234 e. The van der Waals surface area contributed by atoms with Crippen LogP contribution in [-0.4, -0.2) is 26.6 Å². The van der Waals surface area contributed by atoms with Gasteiger partial charge in [0.05, 0.1) is 11.9 Å². The predicted molar refractivity (Wildman–Crippen MR) is 78.0 cm³/mol. The van der Waals surface area contributed by atoms with E-state index in [1.807, 2.05) is 48.3 Å². The first-order valence-electron chi connectivity index (χ1n) is 5.90. The second kappa shape index (κ2) is 4.89. The van der Waals surface area contributed by atoms with Crippen molar-refractivity contribution < 1.29 is 0 Å². The molecular formula is C13H13N5S. The molecule has 19 heavy (non-hydrogen) atoms. The third-order valence-corrected chi connectivity index (χ3v) is 3.15. The van der Waals surface area contributed by atoms with E-state index < -0.39 is 0 Å². The van der Waals surface area contributed by atoms with Crippen LogP contribution in [0, 0.1) is 0 Å². The topological polar surface area (TPSA) is 46.3 Å². The van der Waals surface area contributed by atoms with E-state index in [4.69, 9.17) is 0 Å². The fourth-order valence-electron chi connectivity index (χ4n) is 1.91. The molecule has 0 spiro atoms. The second-order valence-electron chi connectivity index (χ2n) is 4.09. The van der Waals surface area contributed by atoms with Crippen molar-refractivity contribution in [2.75, 3.05) is 11.9 Å². The number of fused-ring (bicyclic) bond motifs is 1. The van der Waals surface area contributed by atoms with Crippen LogP contribution in [0.2, 0.25) is 0 Å². The lowest BCUT2D eigenvalue weighted by Gasteiger charge is -2.19. The molecular weight excluding hydrogens is 258 g/mol. The van der Waals surface area contributed by atoms with Crippen molar-refractivity contribution >= 4 is 29.9 Å². The molecule has 0 aliphatic heterocycles. The van der Waals surface area contributed by atoms with Gasteiger partial charge in [0.15, 0.2) is 5.65 Å². The van der Waals surface area contributed by atoms with Crippen molar-refractivity contribution in [1.82, 2.24) is 19.6 Å². The molecule has 0 aliphatic rings. The first kappa shape index (κ1) is 12.0. The molecule has 6 heteroatoms. The van der Waals surface area contributed by atoms with Crippen LogP contribution in [0.3, 0.4) is 0 Å². The zero-order chi connectivity index (χ0) is 13.2. The quantitative estimate of drug-likeness (QED) is 0.743. The Kier molecular flexibility index (Phi) is 3.08. The Hall–Kier alpha value is -2.08. The van der Waals surface area contributed by atoms with Gasteiger partial charge in [-0.3, -0.25) is 0 Å². The van der Waals surface area contributed by atoms with Crippen molar-refractivity contribution in [3.8, 4) is 0 Å². The number of thiol groups is 1. The van der Waals surface area contributed by atoms with E-state index in [0.29, 0.717) is 11.6 Å². The largest absolute Gasteiger partial charge is 0.313 e. The van der Waals surface area contributed by atoms with Gasteiger partial charge in [0.25, 0.3) is 0 Å². The second-order valence-corrected chi connectivity index (χ2v) is 4.41. The molecule has 3 aromatic rings. The highest BCUT2D eigenvalue weighted by atomic mass is 32.1. The number of aromatic nitrogens is 4. The van der Waals surface area contributed by atoms with Gasteiger partial charge in [-0.05, 0) is 12.1 Å². The van der Waals surface area contributed by atoms with Crippen molar-refractivity contribution in [3.63, 3.8) is 0 Å². The van der Waals surface area contributed by atoms with Gasteiger partial charge < -0.3 is 4.90 Å². The van der Waals surface area contributed by atoms with Gasteiger partial charge in [-0.25, -0.2) is 4.98 Å². The fraction of sp³-hybridized carbons (Fsp3) is 0.154. The molecule has 0 N–H and O–H groups in total. The molecule has 2 aromatic heterocycles. The molecule has 96 valence electrons. The molecule has 0 amide bonds. The number of benzene rings is 1. The predicted octanol–water partition coefficient (Wildman–Crippen LogP) is 2.32. The normalized spacial score (nSPS) is 10.8. The molecule has 0 atom stereocenters. The lowest BCUT2D eigenvalue weighted by molar-refractivity contribution is 0.843. The van der Waals surface area contributed by atoms with Gasteiger partial charge in [0.2, 0.25) is 5.95 Å². The van der Waals surface area contributed by atoms with Gasteiger partial charge in [0.1, 0.15) is 5.82 Å². The first-order chi connectivity index (χ1) is 9.29. The standard InChI is InChI=1S/C13H13N5S/c1-17(10-5-3-2-4-6-10)13-16-11(9-19)15-12-7-8-14-18(12)13/h2-8,19H,9H2,1H3. The Balaban J connectivity index is 2.16. The van der Waals surface area contributed by atoms with E-state index in [9.17, 15) is 0 Å². The minimum atomic E-state index is 0.497. The SMILES string of the molecule is CN(c1ccccc1)c1nc(CS)nc2ccnn12. The van der Waals surface area contributed by atoms with Crippen molar-refractivity contribution in [2.45, 2.75) is 5.75 Å². The number of rotatable bonds is 3. The maximum absolute atomic E-state index is 4.51. The van der Waals surface area contributed by atoms with Gasteiger partial charge in [0, 0.05) is 18.8 Å². The van der Waals surface area contributed by atoms with E-state index in [1.54, 1.807) is 10.7 Å². The van der Waals surface area contributed by atoms with E-state index >= 15 is 0 Å². The van der Waals surface area contributed by atoms with Gasteiger partial charge in [-0.1, -0.05) is 18.2 Å². The summed E-state index contributed by atoms with van der Waals surface area (Å²) in [7, 11) is 1.96. The zero-order valence-corrected chi connectivity index (χ0v) is 11.3. The minimum Gasteiger partial charge on any atom is -0.313 e. The third kappa shape index (κ3) is 2.15. The summed E-state index contributed by atoms with van der Waals surface area (Å²) in [6.07, 6.45) is 1.72. The van der Waals surface area contributed by atoms with Crippen LogP contribution < -0.4 is 4.90 Å². The zero-order valence-electron chi connectivity index (χ0n) is 10.4. The van der Waals surface area contributed by atoms with Crippen LogP contribution in [0.5, 0.6) is 0 Å². The van der Waals surface area contributed by atoms with Gasteiger partial charge in [-0.15, -0.1) is 0 Å². The van der Waals surface area contributed by atoms with E-state index in [0.717, 1.165) is 17.3 Å². The Morgan fingerprint density at radius 3 is 2.68 bits per heavy atom. The Morgan fingerprint density at radius 2 is 1.95 bits per heavy atom. The van der Waals surface area contributed by atoms with Crippen LogP contribution in [0.4, 0.5) is 11.6 Å². The molecule has 1 aromatic carbocycles. The highest BCUT2D eigenvalue weighted by Gasteiger charge is 2.12. The van der Waals surface area contributed by atoms with Gasteiger partial charge >= 0.3 is 0 Å². The summed E-state index contributed by atoms with van der Waals surface area (Å²) in [5.74, 6) is 1.91.